The van der Waals surface area contributed by atoms with Gasteiger partial charge in [0.2, 0.25) is 0 Å². The molecule has 0 bridgehead atoms. The third kappa shape index (κ3) is 3.80. The highest BCUT2D eigenvalue weighted by Crippen LogP contribution is 2.34. The van der Waals surface area contributed by atoms with E-state index in [9.17, 15) is 9.90 Å². The molecule has 0 saturated heterocycles. The second-order valence-corrected chi connectivity index (χ2v) is 6.99. The standard InChI is InChI=1S/C20H22BrNO4/c1-3-25-18-9-13-7-8-22(12-14(13)10-19(18)26-4-2)20(24)16-11-15(21)5-6-17(16)23/h5-6,9-11,23H,3-4,7-8,12H2,1-2H3. The Morgan fingerprint density at radius 1 is 1.12 bits per heavy atom. The first kappa shape index (κ1) is 18.6. The van der Waals surface area contributed by atoms with Crippen molar-refractivity contribution < 1.29 is 19.4 Å². The maximum absolute atomic E-state index is 12.9. The Morgan fingerprint density at radius 2 is 1.77 bits per heavy atom. The number of hydrogen-bond acceptors (Lipinski definition) is 4. The Morgan fingerprint density at radius 3 is 2.42 bits per heavy atom. The van der Waals surface area contributed by atoms with E-state index in [2.05, 4.69) is 15.9 Å². The van der Waals surface area contributed by atoms with Crippen LogP contribution in [0.25, 0.3) is 0 Å². The number of ether oxygens (including phenoxy) is 2. The van der Waals surface area contributed by atoms with Crippen LogP contribution in [0.4, 0.5) is 0 Å². The van der Waals surface area contributed by atoms with Gasteiger partial charge in [-0.05, 0) is 61.7 Å². The van der Waals surface area contributed by atoms with Crippen molar-refractivity contribution in [2.45, 2.75) is 26.8 Å². The number of fused-ring (bicyclic) bond motifs is 1. The number of rotatable bonds is 5. The predicted octanol–water partition coefficient (Wildman–Crippen LogP) is 4.15. The van der Waals surface area contributed by atoms with Gasteiger partial charge in [-0.15, -0.1) is 0 Å². The van der Waals surface area contributed by atoms with E-state index in [1.165, 1.54) is 11.6 Å². The molecular formula is C20H22BrNO4. The summed E-state index contributed by atoms with van der Waals surface area (Å²) in [5.74, 6) is 1.26. The minimum atomic E-state index is -0.179. The Kier molecular flexibility index (Phi) is 5.71. The van der Waals surface area contributed by atoms with Gasteiger partial charge < -0.3 is 19.5 Å². The van der Waals surface area contributed by atoms with Crippen molar-refractivity contribution in [1.29, 1.82) is 0 Å². The number of aromatic hydroxyl groups is 1. The third-order valence-electron chi connectivity index (χ3n) is 4.35. The van der Waals surface area contributed by atoms with Crippen LogP contribution in [0.2, 0.25) is 0 Å². The lowest BCUT2D eigenvalue weighted by Crippen LogP contribution is -2.36. The van der Waals surface area contributed by atoms with E-state index in [0.29, 0.717) is 37.6 Å². The van der Waals surface area contributed by atoms with Gasteiger partial charge in [0.25, 0.3) is 5.91 Å². The summed E-state index contributed by atoms with van der Waals surface area (Å²) in [5, 5.41) is 10.0. The fraction of sp³-hybridized carbons (Fsp3) is 0.350. The first-order valence-corrected chi connectivity index (χ1v) is 9.52. The second-order valence-electron chi connectivity index (χ2n) is 6.07. The number of hydrogen-bond donors (Lipinski definition) is 1. The van der Waals surface area contributed by atoms with Gasteiger partial charge in [0, 0.05) is 17.6 Å². The zero-order valence-corrected chi connectivity index (χ0v) is 16.5. The number of carbonyl (C=O) groups is 1. The van der Waals surface area contributed by atoms with Crippen LogP contribution in [0.5, 0.6) is 17.2 Å². The van der Waals surface area contributed by atoms with Gasteiger partial charge in [-0.2, -0.15) is 0 Å². The van der Waals surface area contributed by atoms with Crippen molar-refractivity contribution in [2.75, 3.05) is 19.8 Å². The van der Waals surface area contributed by atoms with Gasteiger partial charge in [0.1, 0.15) is 5.75 Å². The summed E-state index contributed by atoms with van der Waals surface area (Å²) in [6.45, 7) is 6.07. The Bertz CT molecular complexity index is 822. The van der Waals surface area contributed by atoms with E-state index < -0.39 is 0 Å². The summed E-state index contributed by atoms with van der Waals surface area (Å²) in [6.07, 6.45) is 0.738. The monoisotopic (exact) mass is 419 g/mol. The molecule has 2 aromatic rings. The van der Waals surface area contributed by atoms with E-state index in [1.54, 1.807) is 17.0 Å². The second kappa shape index (κ2) is 7.99. The summed E-state index contributed by atoms with van der Waals surface area (Å²) in [7, 11) is 0. The van der Waals surface area contributed by atoms with Crippen molar-refractivity contribution >= 4 is 21.8 Å². The molecule has 0 unspecified atom stereocenters. The van der Waals surface area contributed by atoms with Crippen LogP contribution in [0.1, 0.15) is 35.3 Å². The van der Waals surface area contributed by atoms with Crippen LogP contribution in [0.15, 0.2) is 34.8 Å². The number of phenolic OH excluding ortho intramolecular Hbond substituents is 1. The highest BCUT2D eigenvalue weighted by atomic mass is 79.9. The average Bonchev–Trinajstić information content (AvgIpc) is 2.63. The number of nitrogens with zero attached hydrogens (tertiary/aromatic N) is 1. The Balaban J connectivity index is 1.87. The quantitative estimate of drug-likeness (QED) is 0.790. The van der Waals surface area contributed by atoms with Gasteiger partial charge in [-0.3, -0.25) is 4.79 Å². The lowest BCUT2D eigenvalue weighted by atomic mass is 9.98. The molecule has 0 fully saturated rings. The molecule has 0 spiro atoms. The lowest BCUT2D eigenvalue weighted by molar-refractivity contribution is 0.0731. The van der Waals surface area contributed by atoms with Crippen LogP contribution < -0.4 is 9.47 Å². The van der Waals surface area contributed by atoms with Crippen LogP contribution in [-0.4, -0.2) is 35.7 Å². The maximum Gasteiger partial charge on any atom is 0.257 e. The zero-order valence-electron chi connectivity index (χ0n) is 14.9. The molecule has 1 aliphatic rings. The molecule has 1 aliphatic heterocycles. The molecule has 1 heterocycles. The smallest absolute Gasteiger partial charge is 0.257 e. The van der Waals surface area contributed by atoms with Crippen LogP contribution in [0, 0.1) is 0 Å². The normalized spacial score (nSPS) is 13.3. The molecule has 138 valence electrons. The fourth-order valence-corrected chi connectivity index (χ4v) is 3.49. The Labute approximate surface area is 161 Å². The van der Waals surface area contributed by atoms with Crippen LogP contribution in [-0.2, 0) is 13.0 Å². The number of benzene rings is 2. The van der Waals surface area contributed by atoms with E-state index in [1.807, 2.05) is 26.0 Å². The topological polar surface area (TPSA) is 59.0 Å². The lowest BCUT2D eigenvalue weighted by Gasteiger charge is -2.30. The van der Waals surface area contributed by atoms with E-state index in [4.69, 9.17) is 9.47 Å². The highest BCUT2D eigenvalue weighted by molar-refractivity contribution is 9.10. The number of carbonyl (C=O) groups excluding carboxylic acids is 1. The van der Waals surface area contributed by atoms with Crippen molar-refractivity contribution in [1.82, 2.24) is 4.90 Å². The molecule has 1 N–H and O–H groups in total. The summed E-state index contributed by atoms with van der Waals surface area (Å²) in [5.41, 5.74) is 2.52. The molecule has 0 radical (unpaired) electrons. The van der Waals surface area contributed by atoms with Crippen molar-refractivity contribution in [3.63, 3.8) is 0 Å². The molecule has 1 amide bonds. The van der Waals surface area contributed by atoms with Crippen molar-refractivity contribution in [3.8, 4) is 17.2 Å². The van der Waals surface area contributed by atoms with E-state index >= 15 is 0 Å². The molecular weight excluding hydrogens is 398 g/mol. The predicted molar refractivity (Wildman–Crippen MR) is 103 cm³/mol. The molecule has 0 aliphatic carbocycles. The highest BCUT2D eigenvalue weighted by Gasteiger charge is 2.25. The maximum atomic E-state index is 12.9. The van der Waals surface area contributed by atoms with Gasteiger partial charge >= 0.3 is 0 Å². The van der Waals surface area contributed by atoms with Gasteiger partial charge in [-0.1, -0.05) is 15.9 Å². The van der Waals surface area contributed by atoms with Crippen LogP contribution >= 0.6 is 15.9 Å². The van der Waals surface area contributed by atoms with E-state index in [-0.39, 0.29) is 11.7 Å². The van der Waals surface area contributed by atoms with E-state index in [0.717, 1.165) is 22.2 Å². The molecule has 5 nitrogen and oxygen atoms in total. The summed E-state index contributed by atoms with van der Waals surface area (Å²) >= 11 is 3.35. The summed E-state index contributed by atoms with van der Waals surface area (Å²) < 4.78 is 12.1. The Hall–Kier alpha value is -2.21. The van der Waals surface area contributed by atoms with Gasteiger partial charge in [0.05, 0.1) is 18.8 Å². The first-order valence-electron chi connectivity index (χ1n) is 8.72. The largest absolute Gasteiger partial charge is 0.507 e. The molecule has 0 aromatic heterocycles. The number of phenols is 1. The number of halogens is 1. The molecule has 0 atom stereocenters. The fourth-order valence-electron chi connectivity index (χ4n) is 3.12. The first-order chi connectivity index (χ1) is 12.5. The van der Waals surface area contributed by atoms with Gasteiger partial charge in [-0.25, -0.2) is 0 Å². The minimum absolute atomic E-state index is 0.00861. The van der Waals surface area contributed by atoms with Crippen LogP contribution in [0.3, 0.4) is 0 Å². The SMILES string of the molecule is CCOc1cc2c(cc1OCC)CN(C(=O)c1cc(Br)ccc1O)CC2. The summed E-state index contributed by atoms with van der Waals surface area (Å²) in [6, 6.07) is 8.86. The number of amides is 1. The third-order valence-corrected chi connectivity index (χ3v) is 4.85. The molecule has 3 rings (SSSR count). The molecule has 26 heavy (non-hydrogen) atoms. The average molecular weight is 420 g/mol. The van der Waals surface area contributed by atoms with Crippen molar-refractivity contribution in [2.24, 2.45) is 0 Å². The molecule has 6 heteroatoms. The molecule has 0 saturated carbocycles. The summed E-state index contributed by atoms with van der Waals surface area (Å²) in [4.78, 5) is 14.6. The van der Waals surface area contributed by atoms with Crippen molar-refractivity contribution in [3.05, 3.63) is 51.5 Å². The van der Waals surface area contributed by atoms with Gasteiger partial charge in [0.15, 0.2) is 11.5 Å². The molecule has 2 aromatic carbocycles. The minimum Gasteiger partial charge on any atom is -0.507 e. The zero-order chi connectivity index (χ0) is 18.7.